The lowest BCUT2D eigenvalue weighted by Crippen LogP contribution is -2.33. The summed E-state index contributed by atoms with van der Waals surface area (Å²) in [6, 6.07) is 1.71. The third-order valence-corrected chi connectivity index (χ3v) is 6.05. The molecule has 2 rings (SSSR count). The van der Waals surface area contributed by atoms with E-state index in [1.54, 1.807) is 0 Å². The minimum atomic E-state index is -4.97. The normalized spacial score (nSPS) is 18.5. The molecule has 1 amide bonds. The fraction of sp³-hybridized carbons (Fsp3) is 0.250. The Morgan fingerprint density at radius 2 is 1.65 bits per heavy atom. The predicted molar refractivity (Wildman–Crippen MR) is 93.6 cm³/mol. The molecule has 144 valence electrons. The molecule has 1 unspecified atom stereocenters. The zero-order chi connectivity index (χ0) is 20.0. The van der Waals surface area contributed by atoms with Gasteiger partial charge in [-0.15, -0.1) is 13.2 Å². The SMILES string of the molecule is NC(=O)C1=C(C(F)(F)F)N(c2c(Br)cc(OC(F)(F)F)cc2Br)C(Br)S1. The Morgan fingerprint density at radius 1 is 1.15 bits per heavy atom. The number of carbonyl (C=O) groups is 1. The number of nitrogens with zero attached hydrogens (tertiary/aromatic N) is 1. The summed E-state index contributed by atoms with van der Waals surface area (Å²) in [5, 5.41) is 0. The fourth-order valence-corrected chi connectivity index (χ4v) is 5.48. The van der Waals surface area contributed by atoms with E-state index in [0.29, 0.717) is 16.7 Å². The Kier molecular flexibility index (Phi) is 6.20. The molecule has 0 radical (unpaired) electrons. The van der Waals surface area contributed by atoms with Gasteiger partial charge in [0.1, 0.15) is 20.6 Å². The lowest BCUT2D eigenvalue weighted by Gasteiger charge is -2.29. The highest BCUT2D eigenvalue weighted by Gasteiger charge is 2.50. The van der Waals surface area contributed by atoms with Crippen molar-refractivity contribution in [1.29, 1.82) is 0 Å². The summed E-state index contributed by atoms with van der Waals surface area (Å²) in [4.78, 5) is 11.4. The molecule has 0 saturated heterocycles. The number of halogens is 9. The molecule has 0 aromatic heterocycles. The van der Waals surface area contributed by atoms with Crippen LogP contribution in [-0.4, -0.2) is 22.7 Å². The number of alkyl halides is 7. The standard InChI is InChI=1S/C12H5Br3F6N2O2S/c13-4-1-3(25-12(19,20)21)2-5(14)6(4)23-8(11(16,17)18)7(9(22)24)26-10(23)15/h1-2,10H,(H2,22,24). The third-order valence-electron chi connectivity index (χ3n) is 2.83. The summed E-state index contributed by atoms with van der Waals surface area (Å²) in [5.74, 6) is -1.93. The van der Waals surface area contributed by atoms with Crippen LogP contribution in [0.1, 0.15) is 0 Å². The Morgan fingerprint density at radius 3 is 2.04 bits per heavy atom. The maximum atomic E-state index is 13.5. The summed E-state index contributed by atoms with van der Waals surface area (Å²) in [6.45, 7) is 0. The molecule has 1 heterocycles. The van der Waals surface area contributed by atoms with Gasteiger partial charge in [-0.1, -0.05) is 27.7 Å². The van der Waals surface area contributed by atoms with E-state index in [4.69, 9.17) is 5.73 Å². The monoisotopic (exact) mass is 592 g/mol. The van der Waals surface area contributed by atoms with Gasteiger partial charge in [0.25, 0.3) is 5.91 Å². The van der Waals surface area contributed by atoms with Crippen LogP contribution in [0.15, 0.2) is 31.7 Å². The lowest BCUT2D eigenvalue weighted by atomic mass is 10.2. The number of benzene rings is 1. The van der Waals surface area contributed by atoms with Gasteiger partial charge in [-0.2, -0.15) is 13.2 Å². The number of primary amides is 1. The van der Waals surface area contributed by atoms with Gasteiger partial charge in [0.05, 0.1) is 5.69 Å². The van der Waals surface area contributed by atoms with Crippen molar-refractivity contribution in [2.45, 2.75) is 16.8 Å². The molecule has 4 nitrogen and oxygen atoms in total. The second kappa shape index (κ2) is 7.43. The predicted octanol–water partition coefficient (Wildman–Crippen LogP) is 5.60. The molecule has 0 fully saturated rings. The van der Waals surface area contributed by atoms with E-state index in [1.807, 2.05) is 0 Å². The second-order valence-corrected chi connectivity index (χ2v) is 8.88. The van der Waals surface area contributed by atoms with Crippen molar-refractivity contribution in [2.75, 3.05) is 4.90 Å². The van der Waals surface area contributed by atoms with Crippen molar-refractivity contribution in [1.82, 2.24) is 0 Å². The van der Waals surface area contributed by atoms with Gasteiger partial charge in [0.15, 0.2) is 0 Å². The molecular formula is C12H5Br3F6N2O2S. The van der Waals surface area contributed by atoms with Crippen LogP contribution < -0.4 is 15.4 Å². The highest BCUT2D eigenvalue weighted by Crippen LogP contribution is 2.53. The van der Waals surface area contributed by atoms with E-state index in [9.17, 15) is 31.1 Å². The number of nitrogens with two attached hydrogens (primary N) is 1. The summed E-state index contributed by atoms with van der Waals surface area (Å²) in [6.07, 6.45) is -9.92. The topological polar surface area (TPSA) is 55.6 Å². The molecule has 1 atom stereocenters. The van der Waals surface area contributed by atoms with Crippen LogP contribution in [-0.2, 0) is 4.79 Å². The van der Waals surface area contributed by atoms with Crippen LogP contribution >= 0.6 is 59.6 Å². The van der Waals surface area contributed by atoms with Crippen LogP contribution in [0.25, 0.3) is 0 Å². The van der Waals surface area contributed by atoms with E-state index in [2.05, 4.69) is 52.5 Å². The van der Waals surface area contributed by atoms with E-state index >= 15 is 0 Å². The van der Waals surface area contributed by atoms with Gasteiger partial charge in [-0.25, -0.2) is 0 Å². The Hall–Kier alpha value is -0.600. The first-order chi connectivity index (χ1) is 11.7. The van der Waals surface area contributed by atoms with Crippen molar-refractivity contribution in [3.8, 4) is 5.75 Å². The first-order valence-corrected chi connectivity index (χ1v) is 9.56. The Balaban J connectivity index is 2.61. The molecule has 0 aliphatic carbocycles. The van der Waals surface area contributed by atoms with E-state index in [-0.39, 0.29) is 14.6 Å². The summed E-state index contributed by atoms with van der Waals surface area (Å²) >= 11 is 9.40. The van der Waals surface area contributed by atoms with Crippen LogP contribution in [0.2, 0.25) is 0 Å². The number of thioether (sulfide) groups is 1. The lowest BCUT2D eigenvalue weighted by molar-refractivity contribution is -0.274. The number of amides is 1. The zero-order valence-corrected chi connectivity index (χ0v) is 17.5. The number of hydrogen-bond acceptors (Lipinski definition) is 4. The molecule has 2 N–H and O–H groups in total. The van der Waals surface area contributed by atoms with Crippen LogP contribution in [0.3, 0.4) is 0 Å². The molecule has 1 aliphatic rings. The molecule has 26 heavy (non-hydrogen) atoms. The van der Waals surface area contributed by atoms with Gasteiger partial charge in [-0.3, -0.25) is 4.79 Å². The van der Waals surface area contributed by atoms with E-state index in [1.165, 1.54) is 0 Å². The molecular weight excluding hydrogens is 590 g/mol. The van der Waals surface area contributed by atoms with Gasteiger partial charge in [0.2, 0.25) is 0 Å². The molecule has 1 aromatic carbocycles. The number of ether oxygens (including phenoxy) is 1. The van der Waals surface area contributed by atoms with E-state index < -0.39 is 39.1 Å². The maximum absolute atomic E-state index is 13.5. The first-order valence-electron chi connectivity index (χ1n) is 6.18. The highest BCUT2D eigenvalue weighted by atomic mass is 79.9. The molecule has 0 spiro atoms. The highest BCUT2D eigenvalue weighted by molar-refractivity contribution is 9.11. The van der Waals surface area contributed by atoms with Crippen LogP contribution in [0.5, 0.6) is 5.75 Å². The minimum Gasteiger partial charge on any atom is -0.406 e. The van der Waals surface area contributed by atoms with Crippen LogP contribution in [0.4, 0.5) is 32.0 Å². The molecule has 1 aliphatic heterocycles. The smallest absolute Gasteiger partial charge is 0.406 e. The number of rotatable bonds is 3. The maximum Gasteiger partial charge on any atom is 0.573 e. The minimum absolute atomic E-state index is 0.136. The summed E-state index contributed by atoms with van der Waals surface area (Å²) < 4.78 is 79.9. The van der Waals surface area contributed by atoms with Gasteiger partial charge in [-0.05, 0) is 44.0 Å². The Bertz CT molecular complexity index is 760. The average Bonchev–Trinajstić information content (AvgIpc) is 2.74. The molecule has 14 heteroatoms. The van der Waals surface area contributed by atoms with Gasteiger partial charge in [0, 0.05) is 8.95 Å². The van der Waals surface area contributed by atoms with Crippen molar-refractivity contribution in [3.05, 3.63) is 31.7 Å². The summed E-state index contributed by atoms with van der Waals surface area (Å²) in [7, 11) is 0. The average molecular weight is 595 g/mol. The number of allylic oxidation sites excluding steroid dienone is 1. The fourth-order valence-electron chi connectivity index (χ4n) is 2.04. The quantitative estimate of drug-likeness (QED) is 0.281. The summed E-state index contributed by atoms with van der Waals surface area (Å²) in [5.41, 5.74) is 3.52. The van der Waals surface area contributed by atoms with Crippen LogP contribution in [0, 0.1) is 0 Å². The number of anilines is 1. The van der Waals surface area contributed by atoms with Crippen molar-refractivity contribution >= 4 is 71.1 Å². The van der Waals surface area contributed by atoms with E-state index in [0.717, 1.165) is 12.1 Å². The van der Waals surface area contributed by atoms with Gasteiger partial charge >= 0.3 is 12.5 Å². The third kappa shape index (κ3) is 4.62. The molecule has 0 saturated carbocycles. The van der Waals surface area contributed by atoms with Crippen molar-refractivity contribution in [3.63, 3.8) is 0 Å². The van der Waals surface area contributed by atoms with Crippen molar-refractivity contribution < 1.29 is 35.9 Å². The second-order valence-electron chi connectivity index (χ2n) is 4.60. The first kappa shape index (κ1) is 21.7. The van der Waals surface area contributed by atoms with Gasteiger partial charge < -0.3 is 15.4 Å². The largest absolute Gasteiger partial charge is 0.573 e. The van der Waals surface area contributed by atoms with Crippen molar-refractivity contribution in [2.24, 2.45) is 5.73 Å². The molecule has 0 bridgehead atoms. The number of hydrogen-bond donors (Lipinski definition) is 1. The Labute approximate surface area is 171 Å². The molecule has 1 aromatic rings. The number of carbonyl (C=O) groups excluding carboxylic acids is 1. The zero-order valence-electron chi connectivity index (χ0n) is 11.9.